The van der Waals surface area contributed by atoms with E-state index in [0.717, 1.165) is 11.1 Å². The van der Waals surface area contributed by atoms with Gasteiger partial charge in [0.05, 0.1) is 14.2 Å². The fourth-order valence-corrected chi connectivity index (χ4v) is 4.00. The van der Waals surface area contributed by atoms with Crippen molar-refractivity contribution in [2.45, 2.75) is 58.6 Å². The van der Waals surface area contributed by atoms with E-state index in [9.17, 15) is 29.6 Å². The van der Waals surface area contributed by atoms with E-state index in [1.165, 1.54) is 14.2 Å². The standard InChI is InChI=1S/C24H33N5O9/c1-13(7-9-15-20(31)19-16(12-38-23(19)33)14(2)21(15)36-3)8-10-18(30)27-17(22(32)37-4)6-5-11-26-24(25)28-29(34)35/h7,17,31H,5-6,8-12H2,1-4H3,(H,27,30)(H3,25,26,28)/b13-7+/t17-/m0/s1. The number of aromatic hydroxyl groups is 1. The van der Waals surface area contributed by atoms with Crippen LogP contribution in [0.5, 0.6) is 11.5 Å². The highest BCUT2D eigenvalue weighted by Crippen LogP contribution is 2.42. The molecule has 14 nitrogen and oxygen atoms in total. The topological polar surface area (TPSA) is 205 Å². The largest absolute Gasteiger partial charge is 0.507 e. The molecule has 1 aliphatic rings. The summed E-state index contributed by atoms with van der Waals surface area (Å²) >= 11 is 0. The van der Waals surface area contributed by atoms with Crippen molar-refractivity contribution in [1.29, 1.82) is 0 Å². The first kappa shape index (κ1) is 29.9. The molecule has 1 amide bonds. The first-order chi connectivity index (χ1) is 18.0. The smallest absolute Gasteiger partial charge is 0.342 e. The van der Waals surface area contributed by atoms with Gasteiger partial charge in [-0.25, -0.2) is 24.7 Å². The van der Waals surface area contributed by atoms with E-state index >= 15 is 0 Å². The van der Waals surface area contributed by atoms with Gasteiger partial charge in [-0.1, -0.05) is 17.1 Å². The maximum absolute atomic E-state index is 12.5. The Balaban J connectivity index is 1.96. The summed E-state index contributed by atoms with van der Waals surface area (Å²) in [4.78, 5) is 50.7. The van der Waals surface area contributed by atoms with Crippen LogP contribution in [0.2, 0.25) is 0 Å². The zero-order valence-electron chi connectivity index (χ0n) is 21.8. The first-order valence-corrected chi connectivity index (χ1v) is 11.8. The number of phenols is 1. The Bertz CT molecular complexity index is 1150. The van der Waals surface area contributed by atoms with Gasteiger partial charge in [0.15, 0.2) is 5.03 Å². The molecular weight excluding hydrogens is 502 g/mol. The highest BCUT2D eigenvalue weighted by Gasteiger charge is 2.31. The van der Waals surface area contributed by atoms with Crippen LogP contribution >= 0.6 is 0 Å². The normalized spacial score (nSPS) is 13.8. The van der Waals surface area contributed by atoms with Crippen LogP contribution in [0.3, 0.4) is 0 Å². The van der Waals surface area contributed by atoms with Gasteiger partial charge in [0.25, 0.3) is 5.96 Å². The number of rotatable bonds is 13. The van der Waals surface area contributed by atoms with E-state index in [2.05, 4.69) is 10.3 Å². The number of nitrogens with one attached hydrogen (secondary N) is 2. The third-order valence-corrected chi connectivity index (χ3v) is 6.01. The zero-order valence-corrected chi connectivity index (χ0v) is 21.8. The van der Waals surface area contributed by atoms with Crippen molar-refractivity contribution < 1.29 is 38.7 Å². The Morgan fingerprint density at radius 2 is 2.05 bits per heavy atom. The Morgan fingerprint density at radius 1 is 1.34 bits per heavy atom. The third-order valence-electron chi connectivity index (χ3n) is 6.01. The van der Waals surface area contributed by atoms with Crippen LogP contribution in [0.15, 0.2) is 16.6 Å². The molecule has 14 heteroatoms. The van der Waals surface area contributed by atoms with Crippen LogP contribution in [0, 0.1) is 17.0 Å². The van der Waals surface area contributed by atoms with Gasteiger partial charge >= 0.3 is 11.9 Å². The molecule has 0 saturated carbocycles. The van der Waals surface area contributed by atoms with Crippen molar-refractivity contribution in [3.8, 4) is 11.5 Å². The lowest BCUT2D eigenvalue weighted by molar-refractivity contribution is -0.525. The first-order valence-electron chi connectivity index (χ1n) is 11.8. The SMILES string of the molecule is COC(=O)[C@H](CCCN=C(N)N[N+](=O)[O-])NC(=O)CC/C(C)=C/Cc1c(O)c2c(c(C)c1OC)COC2=O. The van der Waals surface area contributed by atoms with Crippen molar-refractivity contribution >= 4 is 23.8 Å². The second-order valence-corrected chi connectivity index (χ2v) is 8.59. The van der Waals surface area contributed by atoms with E-state index < -0.39 is 23.0 Å². The maximum Gasteiger partial charge on any atom is 0.342 e. The molecule has 0 fully saturated rings. The van der Waals surface area contributed by atoms with Gasteiger partial charge in [-0.05, 0) is 45.1 Å². The number of allylic oxidation sites excluding steroid dienone is 2. The zero-order chi connectivity index (χ0) is 28.4. The lowest BCUT2D eigenvalue weighted by Crippen LogP contribution is -2.41. The van der Waals surface area contributed by atoms with Crippen molar-refractivity contribution in [3.05, 3.63) is 44.0 Å². The fourth-order valence-electron chi connectivity index (χ4n) is 4.00. The van der Waals surface area contributed by atoms with Gasteiger partial charge in [-0.2, -0.15) is 0 Å². The average molecular weight is 536 g/mol. The predicted octanol–water partition coefficient (Wildman–Crippen LogP) is 1.18. The number of ether oxygens (including phenoxy) is 3. The molecule has 1 aromatic rings. The minimum atomic E-state index is -0.910. The molecule has 2 rings (SSSR count). The number of phenolic OH excluding ortho intramolecular Hbond substituents is 1. The lowest BCUT2D eigenvalue weighted by Gasteiger charge is -2.16. The average Bonchev–Trinajstić information content (AvgIpc) is 3.26. The number of benzene rings is 1. The molecule has 0 aromatic heterocycles. The molecule has 38 heavy (non-hydrogen) atoms. The van der Waals surface area contributed by atoms with Crippen molar-refractivity contribution in [2.75, 3.05) is 20.8 Å². The molecule has 1 aromatic carbocycles. The summed E-state index contributed by atoms with van der Waals surface area (Å²) in [5, 5.41) is 22.8. The summed E-state index contributed by atoms with van der Waals surface area (Å²) in [6.45, 7) is 3.81. The summed E-state index contributed by atoms with van der Waals surface area (Å²) in [5.74, 6) is -1.64. The summed E-state index contributed by atoms with van der Waals surface area (Å²) in [6, 6.07) is -0.910. The number of carbonyl (C=O) groups excluding carboxylic acids is 3. The molecule has 0 aliphatic carbocycles. The molecular formula is C24H33N5O9. The molecule has 0 bridgehead atoms. The van der Waals surface area contributed by atoms with E-state index in [1.54, 1.807) is 12.3 Å². The van der Waals surface area contributed by atoms with Gasteiger partial charge in [0, 0.05) is 24.1 Å². The number of aliphatic imine (C=N–C) groups is 1. The highest BCUT2D eigenvalue weighted by molar-refractivity contribution is 5.98. The molecule has 1 aliphatic heterocycles. The number of carbonyl (C=O) groups is 3. The monoisotopic (exact) mass is 535 g/mol. The molecule has 1 atom stereocenters. The van der Waals surface area contributed by atoms with Crippen molar-refractivity contribution in [2.24, 2.45) is 10.7 Å². The number of methoxy groups -OCH3 is 2. The Morgan fingerprint density at radius 3 is 2.68 bits per heavy atom. The summed E-state index contributed by atoms with van der Waals surface area (Å²) in [6.07, 6.45) is 3.08. The number of hydrogen-bond donors (Lipinski definition) is 4. The second kappa shape index (κ2) is 13.8. The highest BCUT2D eigenvalue weighted by atomic mass is 16.7. The number of nitrogens with zero attached hydrogens (tertiary/aromatic N) is 2. The number of hydrogen-bond acceptors (Lipinski definition) is 10. The predicted molar refractivity (Wildman–Crippen MR) is 135 cm³/mol. The Labute approximate surface area is 219 Å². The van der Waals surface area contributed by atoms with Crippen LogP contribution in [0.4, 0.5) is 0 Å². The molecule has 5 N–H and O–H groups in total. The number of guanidine groups is 1. The summed E-state index contributed by atoms with van der Waals surface area (Å²) in [7, 11) is 2.69. The molecule has 0 unspecified atom stereocenters. The number of fused-ring (bicyclic) bond motifs is 1. The number of esters is 2. The van der Waals surface area contributed by atoms with E-state index in [-0.39, 0.29) is 55.6 Å². The van der Waals surface area contributed by atoms with Crippen LogP contribution in [-0.2, 0) is 32.1 Å². The second-order valence-electron chi connectivity index (χ2n) is 8.59. The summed E-state index contributed by atoms with van der Waals surface area (Å²) in [5.41, 5.74) is 9.83. The van der Waals surface area contributed by atoms with Gasteiger partial charge in [0.2, 0.25) is 5.91 Å². The minimum Gasteiger partial charge on any atom is -0.507 e. The van der Waals surface area contributed by atoms with Gasteiger partial charge in [0.1, 0.15) is 29.7 Å². The molecule has 208 valence electrons. The Hall–Kier alpha value is -4.36. The van der Waals surface area contributed by atoms with Gasteiger partial charge < -0.3 is 30.4 Å². The quantitative estimate of drug-likeness (QED) is 0.0537. The Kier molecular flexibility index (Phi) is 10.9. The molecule has 0 saturated heterocycles. The van der Waals surface area contributed by atoms with Crippen LogP contribution < -0.4 is 21.2 Å². The van der Waals surface area contributed by atoms with Crippen molar-refractivity contribution in [3.63, 3.8) is 0 Å². The maximum atomic E-state index is 12.5. The van der Waals surface area contributed by atoms with Crippen LogP contribution in [0.25, 0.3) is 0 Å². The van der Waals surface area contributed by atoms with Gasteiger partial charge in [-0.3, -0.25) is 4.79 Å². The van der Waals surface area contributed by atoms with Crippen LogP contribution in [-0.4, -0.2) is 60.8 Å². The van der Waals surface area contributed by atoms with E-state index in [0.29, 0.717) is 29.7 Å². The molecule has 0 spiro atoms. The number of cyclic esters (lactones) is 1. The third kappa shape index (κ3) is 7.82. The molecule has 1 heterocycles. The number of hydrazine groups is 1. The minimum absolute atomic E-state index is 0.0841. The summed E-state index contributed by atoms with van der Waals surface area (Å²) < 4.78 is 15.3. The molecule has 0 radical (unpaired) electrons. The number of amides is 1. The van der Waals surface area contributed by atoms with Crippen LogP contribution in [0.1, 0.15) is 59.7 Å². The number of nitrogens with two attached hydrogens (primary N) is 1. The van der Waals surface area contributed by atoms with E-state index in [1.807, 2.05) is 13.0 Å². The van der Waals surface area contributed by atoms with E-state index in [4.69, 9.17) is 19.9 Å². The van der Waals surface area contributed by atoms with Crippen molar-refractivity contribution in [1.82, 2.24) is 10.7 Å². The fraction of sp³-hybridized carbons (Fsp3) is 0.500. The number of nitro groups is 1. The van der Waals surface area contributed by atoms with Gasteiger partial charge in [-0.15, -0.1) is 0 Å². The lowest BCUT2D eigenvalue weighted by atomic mass is 9.94.